The van der Waals surface area contributed by atoms with Gasteiger partial charge in [0.05, 0.1) is 4.92 Å². The monoisotopic (exact) mass is 326 g/mol. The van der Waals surface area contributed by atoms with E-state index in [4.69, 9.17) is 4.74 Å². The molecule has 1 aromatic heterocycles. The fourth-order valence-corrected chi connectivity index (χ4v) is 3.78. The second-order valence-electron chi connectivity index (χ2n) is 6.31. The minimum absolute atomic E-state index is 0.0756. The molecule has 3 heterocycles. The van der Waals surface area contributed by atoms with Crippen molar-refractivity contribution in [1.82, 2.24) is 9.97 Å². The van der Waals surface area contributed by atoms with Gasteiger partial charge < -0.3 is 9.64 Å². The molecule has 4 rings (SSSR count). The predicted octanol–water partition coefficient (Wildman–Crippen LogP) is 2.96. The Kier molecular flexibility index (Phi) is 3.76. The molecule has 24 heavy (non-hydrogen) atoms. The summed E-state index contributed by atoms with van der Waals surface area (Å²) in [4.78, 5) is 20.9. The molecule has 0 radical (unpaired) electrons. The van der Waals surface area contributed by atoms with Gasteiger partial charge >= 0.3 is 5.69 Å². The van der Waals surface area contributed by atoms with Crippen LogP contribution in [0.5, 0.6) is 5.75 Å². The van der Waals surface area contributed by atoms with Crippen molar-refractivity contribution in [1.29, 1.82) is 0 Å². The zero-order valence-electron chi connectivity index (χ0n) is 13.1. The Morgan fingerprint density at radius 2 is 1.71 bits per heavy atom. The van der Waals surface area contributed by atoms with Gasteiger partial charge in [-0.1, -0.05) is 18.2 Å². The highest BCUT2D eigenvalue weighted by molar-refractivity contribution is 5.39. The van der Waals surface area contributed by atoms with Gasteiger partial charge in [-0.15, -0.1) is 0 Å². The Hall–Kier alpha value is -2.70. The number of rotatable bonds is 4. The van der Waals surface area contributed by atoms with Crippen molar-refractivity contribution in [3.05, 3.63) is 52.8 Å². The largest absolute Gasteiger partial charge is 0.490 e. The quantitative estimate of drug-likeness (QED) is 0.634. The first kappa shape index (κ1) is 14.9. The summed E-state index contributed by atoms with van der Waals surface area (Å²) in [7, 11) is 0. The number of para-hydroxylation sites is 1. The molecule has 2 bridgehead atoms. The van der Waals surface area contributed by atoms with E-state index >= 15 is 0 Å². The van der Waals surface area contributed by atoms with E-state index in [2.05, 4.69) is 14.9 Å². The molecule has 0 spiro atoms. The lowest BCUT2D eigenvalue weighted by molar-refractivity contribution is -0.385. The molecule has 2 aliphatic heterocycles. The Bertz CT molecular complexity index is 708. The first-order chi connectivity index (χ1) is 11.7. The van der Waals surface area contributed by atoms with E-state index in [0.29, 0.717) is 18.0 Å². The molecule has 2 atom stereocenters. The highest BCUT2D eigenvalue weighted by Gasteiger charge is 2.43. The van der Waals surface area contributed by atoms with E-state index in [-0.39, 0.29) is 11.8 Å². The number of benzene rings is 1. The van der Waals surface area contributed by atoms with E-state index in [1.165, 1.54) is 12.4 Å². The van der Waals surface area contributed by atoms with Crippen molar-refractivity contribution in [2.75, 3.05) is 4.90 Å². The van der Waals surface area contributed by atoms with Gasteiger partial charge in [-0.25, -0.2) is 9.97 Å². The molecule has 2 unspecified atom stereocenters. The molecule has 124 valence electrons. The Morgan fingerprint density at radius 3 is 2.29 bits per heavy atom. The van der Waals surface area contributed by atoms with Crippen molar-refractivity contribution in [3.63, 3.8) is 0 Å². The minimum Gasteiger partial charge on any atom is -0.490 e. The number of aromatic nitrogens is 2. The average molecular weight is 326 g/mol. The summed E-state index contributed by atoms with van der Waals surface area (Å²) in [5.41, 5.74) is -0.0756. The van der Waals surface area contributed by atoms with Gasteiger partial charge in [0.15, 0.2) is 0 Å². The Morgan fingerprint density at radius 1 is 1.08 bits per heavy atom. The van der Waals surface area contributed by atoms with Crippen LogP contribution in [0.25, 0.3) is 0 Å². The number of fused-ring (bicyclic) bond motifs is 2. The topological polar surface area (TPSA) is 81.4 Å². The van der Waals surface area contributed by atoms with Crippen LogP contribution in [0.2, 0.25) is 0 Å². The van der Waals surface area contributed by atoms with Crippen LogP contribution >= 0.6 is 0 Å². The molecule has 7 heteroatoms. The Labute approximate surface area is 139 Å². The van der Waals surface area contributed by atoms with E-state index in [9.17, 15) is 10.1 Å². The molecule has 0 aliphatic carbocycles. The van der Waals surface area contributed by atoms with Crippen LogP contribution in [-0.4, -0.2) is 33.1 Å². The maximum absolute atomic E-state index is 10.7. The summed E-state index contributed by atoms with van der Waals surface area (Å²) in [6.07, 6.45) is 6.78. The van der Waals surface area contributed by atoms with Gasteiger partial charge in [0.2, 0.25) is 5.95 Å². The van der Waals surface area contributed by atoms with Crippen LogP contribution in [0.4, 0.5) is 11.6 Å². The van der Waals surface area contributed by atoms with Crippen LogP contribution in [0.3, 0.4) is 0 Å². The molecule has 2 saturated heterocycles. The summed E-state index contributed by atoms with van der Waals surface area (Å²) < 4.78 is 6.11. The zero-order valence-corrected chi connectivity index (χ0v) is 13.1. The van der Waals surface area contributed by atoms with Gasteiger partial charge in [0.1, 0.15) is 24.2 Å². The first-order valence-electron chi connectivity index (χ1n) is 8.17. The number of hydrogen-bond donors (Lipinski definition) is 0. The number of hydrogen-bond acceptors (Lipinski definition) is 6. The van der Waals surface area contributed by atoms with E-state index in [0.717, 1.165) is 31.4 Å². The fraction of sp³-hybridized carbons (Fsp3) is 0.412. The predicted molar refractivity (Wildman–Crippen MR) is 88.1 cm³/mol. The summed E-state index contributed by atoms with van der Waals surface area (Å²) in [5.74, 6) is 1.49. The number of piperidine rings is 1. The second kappa shape index (κ2) is 6.07. The molecule has 1 aromatic carbocycles. The number of ether oxygens (including phenoxy) is 1. The molecule has 2 aromatic rings. The summed E-state index contributed by atoms with van der Waals surface area (Å²) in [5, 5.41) is 10.7. The van der Waals surface area contributed by atoms with Crippen LogP contribution in [-0.2, 0) is 0 Å². The van der Waals surface area contributed by atoms with Crippen molar-refractivity contribution in [3.8, 4) is 5.75 Å². The van der Waals surface area contributed by atoms with Gasteiger partial charge in [-0.2, -0.15) is 0 Å². The first-order valence-corrected chi connectivity index (χ1v) is 8.17. The summed E-state index contributed by atoms with van der Waals surface area (Å²) in [6, 6.07) is 10.6. The van der Waals surface area contributed by atoms with Gasteiger partial charge in [-0.05, 0) is 25.0 Å². The lowest BCUT2D eigenvalue weighted by Gasteiger charge is -2.38. The molecule has 0 N–H and O–H groups in total. The van der Waals surface area contributed by atoms with Crippen LogP contribution in [0.15, 0.2) is 42.7 Å². The van der Waals surface area contributed by atoms with Crippen molar-refractivity contribution < 1.29 is 9.66 Å². The third kappa shape index (κ3) is 2.77. The SMILES string of the molecule is O=[N+]([O-])c1cnc(N2C3CCC2CC(Oc2ccccc2)C3)nc1. The zero-order chi connectivity index (χ0) is 16.5. The second-order valence-corrected chi connectivity index (χ2v) is 6.31. The van der Waals surface area contributed by atoms with Crippen LogP contribution in [0.1, 0.15) is 25.7 Å². The van der Waals surface area contributed by atoms with Crippen LogP contribution in [0, 0.1) is 10.1 Å². The lowest BCUT2D eigenvalue weighted by atomic mass is 10.00. The molecule has 0 amide bonds. The molecule has 7 nitrogen and oxygen atoms in total. The lowest BCUT2D eigenvalue weighted by Crippen LogP contribution is -2.47. The molecule has 0 saturated carbocycles. The van der Waals surface area contributed by atoms with E-state index < -0.39 is 4.92 Å². The molecule has 2 aliphatic rings. The van der Waals surface area contributed by atoms with Gasteiger partial charge in [-0.3, -0.25) is 10.1 Å². The third-order valence-corrected chi connectivity index (χ3v) is 4.80. The highest BCUT2D eigenvalue weighted by atomic mass is 16.6. The van der Waals surface area contributed by atoms with Crippen molar-refractivity contribution >= 4 is 11.6 Å². The summed E-state index contributed by atoms with van der Waals surface area (Å²) >= 11 is 0. The maximum atomic E-state index is 10.7. The van der Waals surface area contributed by atoms with E-state index in [1.54, 1.807) is 0 Å². The van der Waals surface area contributed by atoms with Gasteiger partial charge in [0, 0.05) is 24.9 Å². The van der Waals surface area contributed by atoms with E-state index in [1.807, 2.05) is 30.3 Å². The molecular formula is C17H18N4O3. The standard InChI is InChI=1S/C17H18N4O3/c22-21(23)14-10-18-17(19-11-14)20-12-6-7-13(20)9-16(8-12)24-15-4-2-1-3-5-15/h1-5,10-13,16H,6-9H2. The average Bonchev–Trinajstić information content (AvgIpc) is 2.87. The smallest absolute Gasteiger partial charge is 0.305 e. The van der Waals surface area contributed by atoms with Crippen molar-refractivity contribution in [2.45, 2.75) is 43.9 Å². The molecule has 2 fully saturated rings. The Balaban J connectivity index is 1.47. The highest BCUT2D eigenvalue weighted by Crippen LogP contribution is 2.39. The number of nitrogens with zero attached hydrogens (tertiary/aromatic N) is 4. The van der Waals surface area contributed by atoms with Crippen LogP contribution < -0.4 is 9.64 Å². The normalized spacial score (nSPS) is 25.5. The number of nitro groups is 1. The third-order valence-electron chi connectivity index (χ3n) is 4.80. The molecular weight excluding hydrogens is 308 g/mol. The van der Waals surface area contributed by atoms with Crippen molar-refractivity contribution in [2.24, 2.45) is 0 Å². The fourth-order valence-electron chi connectivity index (χ4n) is 3.78. The number of anilines is 1. The summed E-state index contributed by atoms with van der Waals surface area (Å²) in [6.45, 7) is 0. The van der Waals surface area contributed by atoms with Gasteiger partial charge in [0.25, 0.3) is 0 Å². The minimum atomic E-state index is -0.474. The maximum Gasteiger partial charge on any atom is 0.305 e.